The number of carbonyl (C=O) groups excluding carboxylic acids is 2. The minimum Gasteiger partial charge on any atom is -0.493 e. The zero-order chi connectivity index (χ0) is 20.5. The number of ether oxygens (including phenoxy) is 1. The molecule has 3 aromatic rings. The van der Waals surface area contributed by atoms with Gasteiger partial charge in [-0.3, -0.25) is 9.59 Å². The Hall–Kier alpha value is -3.26. The number of nitrogens with zero attached hydrogens (tertiary/aromatic N) is 2. The summed E-state index contributed by atoms with van der Waals surface area (Å²) in [7, 11) is 0. The normalized spacial score (nSPS) is 10.4. The van der Waals surface area contributed by atoms with E-state index in [0.717, 1.165) is 10.6 Å². The van der Waals surface area contributed by atoms with E-state index in [2.05, 4.69) is 20.8 Å². The molecule has 150 valence electrons. The highest BCUT2D eigenvalue weighted by atomic mass is 32.1. The Labute approximate surface area is 173 Å². The van der Waals surface area contributed by atoms with Gasteiger partial charge in [-0.05, 0) is 25.5 Å². The van der Waals surface area contributed by atoms with Gasteiger partial charge in [0.05, 0.1) is 12.2 Å². The van der Waals surface area contributed by atoms with Crippen LogP contribution >= 0.6 is 11.3 Å². The van der Waals surface area contributed by atoms with Crippen molar-refractivity contribution in [3.8, 4) is 16.3 Å². The van der Waals surface area contributed by atoms with E-state index in [1.807, 2.05) is 43.3 Å². The molecule has 0 saturated heterocycles. The van der Waals surface area contributed by atoms with E-state index in [1.165, 1.54) is 11.3 Å². The Bertz CT molecular complexity index is 959. The molecule has 0 aliphatic carbocycles. The van der Waals surface area contributed by atoms with Crippen LogP contribution in [0.5, 0.6) is 5.75 Å². The van der Waals surface area contributed by atoms with Crippen molar-refractivity contribution >= 4 is 28.3 Å². The van der Waals surface area contributed by atoms with Crippen LogP contribution in [-0.4, -0.2) is 35.2 Å². The summed E-state index contributed by atoms with van der Waals surface area (Å²) in [6, 6.07) is 16.8. The molecule has 8 heteroatoms. The van der Waals surface area contributed by atoms with Crippen LogP contribution in [0.2, 0.25) is 0 Å². The third kappa shape index (κ3) is 5.86. The Morgan fingerprint density at radius 3 is 2.59 bits per heavy atom. The summed E-state index contributed by atoms with van der Waals surface area (Å²) < 4.78 is 5.47. The van der Waals surface area contributed by atoms with E-state index in [9.17, 15) is 9.59 Å². The van der Waals surface area contributed by atoms with Crippen molar-refractivity contribution in [3.05, 3.63) is 60.2 Å². The van der Waals surface area contributed by atoms with Gasteiger partial charge in [-0.15, -0.1) is 10.2 Å². The zero-order valence-corrected chi connectivity index (χ0v) is 16.9. The van der Waals surface area contributed by atoms with E-state index in [0.29, 0.717) is 36.0 Å². The number of hydrogen-bond acceptors (Lipinski definition) is 6. The smallest absolute Gasteiger partial charge is 0.255 e. The second-order valence-corrected chi connectivity index (χ2v) is 7.09. The maximum Gasteiger partial charge on any atom is 0.255 e. The van der Waals surface area contributed by atoms with Gasteiger partial charge in [0.25, 0.3) is 5.91 Å². The molecule has 0 fully saturated rings. The summed E-state index contributed by atoms with van der Waals surface area (Å²) in [6.45, 7) is 2.74. The fourth-order valence-electron chi connectivity index (χ4n) is 2.63. The molecule has 1 heterocycles. The third-order valence-corrected chi connectivity index (χ3v) is 4.88. The van der Waals surface area contributed by atoms with Crippen molar-refractivity contribution in [2.24, 2.45) is 0 Å². The molecule has 1 aromatic heterocycles. The molecule has 0 aliphatic heterocycles. The minimum absolute atomic E-state index is 0.162. The maximum atomic E-state index is 12.3. The number of benzene rings is 2. The van der Waals surface area contributed by atoms with Crippen LogP contribution in [-0.2, 0) is 4.79 Å². The first-order valence-corrected chi connectivity index (χ1v) is 10.2. The number of para-hydroxylation sites is 1. The van der Waals surface area contributed by atoms with Crippen LogP contribution < -0.4 is 15.4 Å². The first kappa shape index (κ1) is 20.5. The number of hydrogen-bond donors (Lipinski definition) is 2. The predicted molar refractivity (Wildman–Crippen MR) is 113 cm³/mol. The van der Waals surface area contributed by atoms with E-state index < -0.39 is 0 Å². The van der Waals surface area contributed by atoms with Gasteiger partial charge in [-0.1, -0.05) is 53.8 Å². The number of nitrogens with one attached hydrogen (secondary N) is 2. The van der Waals surface area contributed by atoms with Gasteiger partial charge in [0.15, 0.2) is 0 Å². The lowest BCUT2D eigenvalue weighted by molar-refractivity contribution is -0.116. The molecule has 0 unspecified atom stereocenters. The molecule has 7 nitrogen and oxygen atoms in total. The van der Waals surface area contributed by atoms with Crippen molar-refractivity contribution in [3.63, 3.8) is 0 Å². The second-order valence-electron chi connectivity index (χ2n) is 6.12. The summed E-state index contributed by atoms with van der Waals surface area (Å²) in [6.07, 6.45) is 0.784. The first-order valence-electron chi connectivity index (χ1n) is 9.36. The zero-order valence-electron chi connectivity index (χ0n) is 16.1. The highest BCUT2D eigenvalue weighted by molar-refractivity contribution is 7.18. The summed E-state index contributed by atoms with van der Waals surface area (Å²) in [5.41, 5.74) is 1.45. The molecule has 3 rings (SSSR count). The summed E-state index contributed by atoms with van der Waals surface area (Å²) in [5.74, 6) is 0.173. The second kappa shape index (κ2) is 10.3. The molecule has 0 spiro atoms. The molecule has 0 radical (unpaired) electrons. The van der Waals surface area contributed by atoms with Crippen LogP contribution in [0.15, 0.2) is 54.6 Å². The standard InChI is InChI=1S/C21H22N4O3S/c1-2-28-17-12-7-6-11-16(17)19(27)22-14-8-13-18(26)23-21-25-24-20(29-21)15-9-4-3-5-10-15/h3-7,9-12H,2,8,13-14H2,1H3,(H,22,27)(H,23,25,26). The minimum atomic E-state index is -0.217. The van der Waals surface area contributed by atoms with Crippen LogP contribution in [0.1, 0.15) is 30.1 Å². The highest BCUT2D eigenvalue weighted by Gasteiger charge is 2.12. The molecule has 29 heavy (non-hydrogen) atoms. The van der Waals surface area contributed by atoms with Crippen LogP contribution in [0.25, 0.3) is 10.6 Å². The summed E-state index contributed by atoms with van der Waals surface area (Å²) in [5, 5.41) is 14.9. The molecule has 0 saturated carbocycles. The van der Waals surface area contributed by atoms with Gasteiger partial charge < -0.3 is 15.4 Å². The van der Waals surface area contributed by atoms with Crippen molar-refractivity contribution < 1.29 is 14.3 Å². The third-order valence-electron chi connectivity index (χ3n) is 3.99. The first-order chi connectivity index (χ1) is 14.2. The molecule has 2 amide bonds. The fraction of sp³-hybridized carbons (Fsp3) is 0.238. The summed E-state index contributed by atoms with van der Waals surface area (Å²) >= 11 is 1.32. The van der Waals surface area contributed by atoms with E-state index in [4.69, 9.17) is 4.74 Å². The molecule has 0 aliphatic rings. The number of amides is 2. The van der Waals surface area contributed by atoms with E-state index in [-0.39, 0.29) is 18.2 Å². The van der Waals surface area contributed by atoms with E-state index in [1.54, 1.807) is 18.2 Å². The fourth-order valence-corrected chi connectivity index (χ4v) is 3.40. The Morgan fingerprint density at radius 2 is 1.79 bits per heavy atom. The number of carbonyl (C=O) groups is 2. The number of aromatic nitrogens is 2. The lowest BCUT2D eigenvalue weighted by atomic mass is 10.2. The summed E-state index contributed by atoms with van der Waals surface area (Å²) in [4.78, 5) is 24.4. The molecule has 0 bridgehead atoms. The SMILES string of the molecule is CCOc1ccccc1C(=O)NCCCC(=O)Nc1nnc(-c2ccccc2)s1. The van der Waals surface area contributed by atoms with Crippen molar-refractivity contribution in [1.82, 2.24) is 15.5 Å². The lowest BCUT2D eigenvalue weighted by Crippen LogP contribution is -2.26. The van der Waals surface area contributed by atoms with Gasteiger partial charge in [0, 0.05) is 18.5 Å². The highest BCUT2D eigenvalue weighted by Crippen LogP contribution is 2.26. The monoisotopic (exact) mass is 410 g/mol. The lowest BCUT2D eigenvalue weighted by Gasteiger charge is -2.10. The Kier molecular flexibility index (Phi) is 7.29. The molecular formula is C21H22N4O3S. The van der Waals surface area contributed by atoms with Crippen LogP contribution in [0.4, 0.5) is 5.13 Å². The Morgan fingerprint density at radius 1 is 1.03 bits per heavy atom. The molecule has 2 N–H and O–H groups in total. The van der Waals surface area contributed by atoms with Crippen LogP contribution in [0, 0.1) is 0 Å². The largest absolute Gasteiger partial charge is 0.493 e. The van der Waals surface area contributed by atoms with Crippen molar-refractivity contribution in [2.75, 3.05) is 18.5 Å². The van der Waals surface area contributed by atoms with Crippen molar-refractivity contribution in [1.29, 1.82) is 0 Å². The van der Waals surface area contributed by atoms with Gasteiger partial charge in [0.1, 0.15) is 10.8 Å². The maximum absolute atomic E-state index is 12.3. The van der Waals surface area contributed by atoms with Gasteiger partial charge >= 0.3 is 0 Å². The average molecular weight is 410 g/mol. The van der Waals surface area contributed by atoms with Gasteiger partial charge in [-0.25, -0.2) is 0 Å². The van der Waals surface area contributed by atoms with E-state index >= 15 is 0 Å². The van der Waals surface area contributed by atoms with Crippen LogP contribution in [0.3, 0.4) is 0 Å². The average Bonchev–Trinajstić information content (AvgIpc) is 3.21. The molecule has 0 atom stereocenters. The van der Waals surface area contributed by atoms with Gasteiger partial charge in [-0.2, -0.15) is 0 Å². The number of rotatable bonds is 9. The van der Waals surface area contributed by atoms with Crippen molar-refractivity contribution in [2.45, 2.75) is 19.8 Å². The topological polar surface area (TPSA) is 93.2 Å². The quantitative estimate of drug-likeness (QED) is 0.524. The Balaban J connectivity index is 1.43. The molecular weight excluding hydrogens is 388 g/mol. The number of anilines is 1. The van der Waals surface area contributed by atoms with Gasteiger partial charge in [0.2, 0.25) is 11.0 Å². The molecule has 2 aromatic carbocycles. The predicted octanol–water partition coefficient (Wildman–Crippen LogP) is 3.75.